The molecule has 5 nitrogen and oxygen atoms in total. The first kappa shape index (κ1) is 17.6. The zero-order valence-corrected chi connectivity index (χ0v) is 15.7. The second-order valence-corrected chi connectivity index (χ2v) is 7.48. The molecular formula is C21H28N2O3. The number of rotatable bonds is 4. The molecule has 4 rings (SSSR count). The van der Waals surface area contributed by atoms with Crippen LogP contribution in [0.4, 0.5) is 0 Å². The van der Waals surface area contributed by atoms with Crippen LogP contribution in [0.25, 0.3) is 10.9 Å². The van der Waals surface area contributed by atoms with Crippen LogP contribution in [0.1, 0.15) is 50.4 Å². The van der Waals surface area contributed by atoms with E-state index >= 15 is 0 Å². The zero-order valence-electron chi connectivity index (χ0n) is 15.7. The minimum Gasteiger partial charge on any atom is -0.376 e. The lowest BCUT2D eigenvalue weighted by Gasteiger charge is -2.35. The second-order valence-electron chi connectivity index (χ2n) is 7.48. The van der Waals surface area contributed by atoms with Crippen molar-refractivity contribution >= 4 is 16.8 Å². The van der Waals surface area contributed by atoms with Crippen LogP contribution in [-0.4, -0.2) is 47.8 Å². The Hall–Kier alpha value is -1.85. The Bertz CT molecular complexity index is 779. The number of H-pyrrole nitrogens is 1. The molecule has 0 bridgehead atoms. The highest BCUT2D eigenvalue weighted by Crippen LogP contribution is 2.34. The molecule has 0 radical (unpaired) electrons. The normalized spacial score (nSPS) is 24.5. The van der Waals surface area contributed by atoms with Crippen LogP contribution in [0.15, 0.2) is 24.3 Å². The van der Waals surface area contributed by atoms with Crippen LogP contribution in [-0.2, 0) is 20.7 Å². The summed E-state index contributed by atoms with van der Waals surface area (Å²) in [7, 11) is 0. The van der Waals surface area contributed by atoms with Crippen LogP contribution in [0.3, 0.4) is 0 Å². The molecule has 3 atom stereocenters. The van der Waals surface area contributed by atoms with Crippen molar-refractivity contribution in [2.45, 2.75) is 57.8 Å². The second kappa shape index (κ2) is 7.41. The van der Waals surface area contributed by atoms with Gasteiger partial charge in [-0.1, -0.05) is 18.2 Å². The van der Waals surface area contributed by atoms with E-state index in [9.17, 15) is 4.79 Å². The molecule has 2 aliphatic rings. The lowest BCUT2D eigenvalue weighted by Crippen LogP contribution is -2.44. The first-order valence-corrected chi connectivity index (χ1v) is 9.78. The molecule has 1 saturated heterocycles. The number of benzene rings is 1. The quantitative estimate of drug-likeness (QED) is 0.911. The monoisotopic (exact) mass is 356 g/mol. The number of carbonyl (C=O) groups excluding carboxylic acids is 1. The van der Waals surface area contributed by atoms with Crippen molar-refractivity contribution in [2.75, 3.05) is 19.8 Å². The van der Waals surface area contributed by atoms with E-state index in [2.05, 4.69) is 30.1 Å². The van der Waals surface area contributed by atoms with E-state index in [1.165, 1.54) is 17.4 Å². The molecule has 26 heavy (non-hydrogen) atoms. The summed E-state index contributed by atoms with van der Waals surface area (Å²) in [6.45, 7) is 6.01. The number of aromatic amines is 1. The van der Waals surface area contributed by atoms with E-state index in [1.54, 1.807) is 0 Å². The average molecular weight is 356 g/mol. The predicted octanol–water partition coefficient (Wildman–Crippen LogP) is 3.59. The number of amides is 1. The van der Waals surface area contributed by atoms with Gasteiger partial charge >= 0.3 is 0 Å². The Morgan fingerprint density at radius 1 is 1.38 bits per heavy atom. The molecule has 3 heterocycles. The molecular weight excluding hydrogens is 328 g/mol. The molecule has 140 valence electrons. The Morgan fingerprint density at radius 3 is 3.04 bits per heavy atom. The van der Waals surface area contributed by atoms with E-state index in [0.29, 0.717) is 6.61 Å². The summed E-state index contributed by atoms with van der Waals surface area (Å²) in [5.41, 5.74) is 3.66. The summed E-state index contributed by atoms with van der Waals surface area (Å²) in [5, 5.41) is 1.28. The van der Waals surface area contributed by atoms with Gasteiger partial charge in [-0.05, 0) is 51.2 Å². The van der Waals surface area contributed by atoms with Gasteiger partial charge in [-0.25, -0.2) is 0 Å². The Kier molecular flexibility index (Phi) is 5.00. The van der Waals surface area contributed by atoms with Gasteiger partial charge in [-0.3, -0.25) is 4.79 Å². The minimum absolute atomic E-state index is 0.0376. The number of nitrogens with zero attached hydrogens (tertiary/aromatic N) is 1. The van der Waals surface area contributed by atoms with Gasteiger partial charge in [0.1, 0.15) is 6.10 Å². The molecule has 1 aromatic heterocycles. The Morgan fingerprint density at radius 2 is 2.23 bits per heavy atom. The van der Waals surface area contributed by atoms with Crippen LogP contribution in [0.2, 0.25) is 0 Å². The van der Waals surface area contributed by atoms with Crippen LogP contribution in [0.5, 0.6) is 0 Å². The largest absolute Gasteiger partial charge is 0.376 e. The van der Waals surface area contributed by atoms with Gasteiger partial charge in [0.2, 0.25) is 0 Å². The van der Waals surface area contributed by atoms with E-state index in [-0.39, 0.29) is 18.1 Å². The molecule has 1 aromatic carbocycles. The van der Waals surface area contributed by atoms with Crippen LogP contribution >= 0.6 is 0 Å². The number of hydrogen-bond acceptors (Lipinski definition) is 3. The lowest BCUT2D eigenvalue weighted by molar-refractivity contribution is -0.148. The van der Waals surface area contributed by atoms with E-state index in [1.807, 2.05) is 17.9 Å². The van der Waals surface area contributed by atoms with Crippen molar-refractivity contribution < 1.29 is 14.3 Å². The van der Waals surface area contributed by atoms with Crippen molar-refractivity contribution in [1.82, 2.24) is 9.88 Å². The Labute approximate surface area is 154 Å². The fourth-order valence-corrected chi connectivity index (χ4v) is 4.22. The van der Waals surface area contributed by atoms with Crippen molar-refractivity contribution in [2.24, 2.45) is 0 Å². The van der Waals surface area contributed by atoms with Gasteiger partial charge in [0.05, 0.1) is 18.8 Å². The summed E-state index contributed by atoms with van der Waals surface area (Å²) < 4.78 is 11.6. The molecule has 1 N–H and O–H groups in total. The average Bonchev–Trinajstić information content (AvgIpc) is 3.06. The Balaban J connectivity index is 1.43. The van der Waals surface area contributed by atoms with Gasteiger partial charge in [0.15, 0.2) is 0 Å². The summed E-state index contributed by atoms with van der Waals surface area (Å²) in [6.07, 6.45) is 3.92. The van der Waals surface area contributed by atoms with Gasteiger partial charge < -0.3 is 19.4 Å². The molecule has 2 aliphatic heterocycles. The predicted molar refractivity (Wildman–Crippen MR) is 101 cm³/mol. The number of fused-ring (bicyclic) bond motifs is 3. The lowest BCUT2D eigenvalue weighted by atomic mass is 9.98. The first-order valence-electron chi connectivity index (χ1n) is 9.78. The number of aromatic nitrogens is 1. The van der Waals surface area contributed by atoms with E-state index in [4.69, 9.17) is 9.47 Å². The molecule has 1 amide bonds. The maximum Gasteiger partial charge on any atom is 0.251 e. The highest BCUT2D eigenvalue weighted by molar-refractivity contribution is 5.86. The van der Waals surface area contributed by atoms with Crippen molar-refractivity contribution in [3.05, 3.63) is 35.5 Å². The van der Waals surface area contributed by atoms with Gasteiger partial charge in [0.25, 0.3) is 5.91 Å². The van der Waals surface area contributed by atoms with E-state index < -0.39 is 6.10 Å². The van der Waals surface area contributed by atoms with Gasteiger partial charge in [-0.2, -0.15) is 0 Å². The maximum atomic E-state index is 13.0. The molecule has 5 heteroatoms. The topological polar surface area (TPSA) is 54.6 Å². The van der Waals surface area contributed by atoms with E-state index in [0.717, 1.165) is 43.6 Å². The minimum atomic E-state index is -0.436. The van der Waals surface area contributed by atoms with Crippen molar-refractivity contribution in [1.29, 1.82) is 0 Å². The molecule has 3 unspecified atom stereocenters. The summed E-state index contributed by atoms with van der Waals surface area (Å²) in [5.74, 6) is 0.0672. The van der Waals surface area contributed by atoms with Gasteiger partial charge in [-0.15, -0.1) is 0 Å². The molecule has 0 spiro atoms. The standard InChI is InChI=1S/C21H28N2O3/c1-14-20-18(17-8-3-4-9-19(17)22-20)10-11-23(14)21(24)15(2)26-13-16-7-5-6-12-25-16/h3-4,8-9,14-16,22H,5-7,10-13H2,1-2H3. The molecule has 1 fully saturated rings. The SMILES string of the molecule is CC(OCC1CCCCO1)C(=O)N1CCc2c([nH]c3ccccc23)C1C. The first-order chi connectivity index (χ1) is 12.6. The van der Waals surface area contributed by atoms with Crippen molar-refractivity contribution in [3.63, 3.8) is 0 Å². The summed E-state index contributed by atoms with van der Waals surface area (Å²) in [6, 6.07) is 8.41. The smallest absolute Gasteiger partial charge is 0.251 e. The third-order valence-electron chi connectivity index (χ3n) is 5.77. The van der Waals surface area contributed by atoms with Crippen LogP contribution in [0, 0.1) is 0 Å². The number of para-hydroxylation sites is 1. The highest BCUT2D eigenvalue weighted by atomic mass is 16.5. The zero-order chi connectivity index (χ0) is 18.1. The summed E-state index contributed by atoms with van der Waals surface area (Å²) >= 11 is 0. The number of ether oxygens (including phenoxy) is 2. The fraction of sp³-hybridized carbons (Fsp3) is 0.571. The third-order valence-corrected chi connectivity index (χ3v) is 5.77. The number of nitrogens with one attached hydrogen (secondary N) is 1. The van der Waals surface area contributed by atoms with Gasteiger partial charge in [0, 0.05) is 29.7 Å². The maximum absolute atomic E-state index is 13.0. The third kappa shape index (κ3) is 3.26. The fourth-order valence-electron chi connectivity index (χ4n) is 4.22. The molecule has 2 aromatic rings. The molecule has 0 saturated carbocycles. The van der Waals surface area contributed by atoms with Crippen molar-refractivity contribution in [3.8, 4) is 0 Å². The van der Waals surface area contributed by atoms with Crippen LogP contribution < -0.4 is 0 Å². The number of hydrogen-bond donors (Lipinski definition) is 1. The summed E-state index contributed by atoms with van der Waals surface area (Å²) in [4.78, 5) is 18.4. The highest BCUT2D eigenvalue weighted by Gasteiger charge is 2.33. The number of carbonyl (C=O) groups is 1. The molecule has 0 aliphatic carbocycles.